The Bertz CT molecular complexity index is 445. The third-order valence-corrected chi connectivity index (χ3v) is 4.16. The molecule has 1 aliphatic rings. The Labute approximate surface area is 98.6 Å². The second-order valence-electron chi connectivity index (χ2n) is 5.07. The lowest BCUT2D eigenvalue weighted by molar-refractivity contribution is 0.473. The minimum atomic E-state index is -0.728. The van der Waals surface area contributed by atoms with Crippen molar-refractivity contribution in [3.63, 3.8) is 0 Å². The smallest absolute Gasteiger partial charge is 0.148 e. The van der Waals surface area contributed by atoms with Gasteiger partial charge in [-0.05, 0) is 23.5 Å². The summed E-state index contributed by atoms with van der Waals surface area (Å²) in [6.07, 6.45) is 0.801. The highest BCUT2D eigenvalue weighted by molar-refractivity contribution is 6.31. The van der Waals surface area contributed by atoms with Gasteiger partial charge in [0.1, 0.15) is 16.7 Å². The monoisotopic (exact) mass is 245 g/mol. The average Bonchev–Trinajstić information content (AvgIpc) is 2.79. The van der Waals surface area contributed by atoms with Crippen LogP contribution in [0, 0.1) is 17.0 Å². The Morgan fingerprint density at radius 1 is 1.38 bits per heavy atom. The highest BCUT2D eigenvalue weighted by Gasteiger charge is 2.62. The number of nitrogens with two attached hydrogens (primary N) is 1. The third kappa shape index (κ3) is 1.38. The Morgan fingerprint density at radius 2 is 1.94 bits per heavy atom. The lowest BCUT2D eigenvalue weighted by Crippen LogP contribution is -2.26. The van der Waals surface area contributed by atoms with Gasteiger partial charge in [0.05, 0.1) is 0 Å². The van der Waals surface area contributed by atoms with Crippen molar-refractivity contribution in [3.8, 4) is 0 Å². The molecule has 4 heteroatoms. The predicted molar refractivity (Wildman–Crippen MR) is 60.5 cm³/mol. The molecule has 0 aromatic heterocycles. The fourth-order valence-corrected chi connectivity index (χ4v) is 2.69. The number of hydrogen-bond acceptors (Lipinski definition) is 1. The largest absolute Gasteiger partial charge is 0.330 e. The van der Waals surface area contributed by atoms with Crippen LogP contribution in [0.15, 0.2) is 12.1 Å². The first-order valence-electron chi connectivity index (χ1n) is 5.20. The van der Waals surface area contributed by atoms with Crippen LogP contribution in [0.4, 0.5) is 8.78 Å². The number of halogens is 3. The van der Waals surface area contributed by atoms with Crippen LogP contribution in [0.3, 0.4) is 0 Å². The molecule has 0 saturated heterocycles. The SMILES string of the molecule is CC1(C)CC1(CN)c1ccc(F)c(Cl)c1F. The molecule has 2 rings (SSSR count). The quantitative estimate of drug-likeness (QED) is 0.796. The van der Waals surface area contributed by atoms with Crippen molar-refractivity contribution in [2.24, 2.45) is 11.1 Å². The fourth-order valence-electron chi connectivity index (χ4n) is 2.52. The van der Waals surface area contributed by atoms with Crippen molar-refractivity contribution in [1.29, 1.82) is 0 Å². The molecule has 1 aromatic rings. The molecule has 0 spiro atoms. The first-order chi connectivity index (χ1) is 7.35. The van der Waals surface area contributed by atoms with Gasteiger partial charge in [-0.3, -0.25) is 0 Å². The van der Waals surface area contributed by atoms with Crippen LogP contribution in [-0.2, 0) is 5.41 Å². The molecule has 1 saturated carbocycles. The summed E-state index contributed by atoms with van der Waals surface area (Å²) in [5.41, 5.74) is 5.72. The highest BCUT2D eigenvalue weighted by Crippen LogP contribution is 2.64. The molecule has 1 aromatic carbocycles. The van der Waals surface area contributed by atoms with Crippen LogP contribution in [0.25, 0.3) is 0 Å². The van der Waals surface area contributed by atoms with Gasteiger partial charge < -0.3 is 5.73 Å². The molecule has 1 aliphatic carbocycles. The lowest BCUT2D eigenvalue weighted by Gasteiger charge is -2.20. The van der Waals surface area contributed by atoms with E-state index in [1.165, 1.54) is 12.1 Å². The standard InChI is InChI=1S/C12H14ClF2N/c1-11(2)5-12(11,6-16)7-3-4-8(14)9(13)10(7)15/h3-4H,5-6,16H2,1-2H3. The summed E-state index contributed by atoms with van der Waals surface area (Å²) in [7, 11) is 0. The van der Waals surface area contributed by atoms with E-state index in [1.807, 2.05) is 13.8 Å². The molecule has 1 fully saturated rings. The van der Waals surface area contributed by atoms with Gasteiger partial charge in [-0.25, -0.2) is 8.78 Å². The second kappa shape index (κ2) is 3.41. The van der Waals surface area contributed by atoms with Crippen molar-refractivity contribution in [2.75, 3.05) is 6.54 Å². The van der Waals surface area contributed by atoms with E-state index in [0.717, 1.165) is 6.42 Å². The molecule has 88 valence electrons. The van der Waals surface area contributed by atoms with E-state index in [2.05, 4.69) is 0 Å². The van der Waals surface area contributed by atoms with Crippen LogP contribution in [-0.4, -0.2) is 6.54 Å². The van der Waals surface area contributed by atoms with Gasteiger partial charge in [-0.15, -0.1) is 0 Å². The topological polar surface area (TPSA) is 26.0 Å². The van der Waals surface area contributed by atoms with Crippen molar-refractivity contribution in [2.45, 2.75) is 25.7 Å². The van der Waals surface area contributed by atoms with Gasteiger partial charge in [0, 0.05) is 12.0 Å². The van der Waals surface area contributed by atoms with Crippen molar-refractivity contribution < 1.29 is 8.78 Å². The molecule has 2 N–H and O–H groups in total. The normalized spacial score (nSPS) is 26.9. The maximum Gasteiger partial charge on any atom is 0.148 e. The summed E-state index contributed by atoms with van der Waals surface area (Å²) in [5, 5.41) is -0.437. The first kappa shape index (κ1) is 11.8. The molecule has 1 unspecified atom stereocenters. The molecule has 0 heterocycles. The van der Waals surface area contributed by atoms with Gasteiger partial charge in [0.25, 0.3) is 0 Å². The summed E-state index contributed by atoms with van der Waals surface area (Å²) in [6.45, 7) is 4.39. The van der Waals surface area contributed by atoms with Crippen molar-refractivity contribution in [1.82, 2.24) is 0 Å². The molecule has 0 bridgehead atoms. The Balaban J connectivity index is 2.54. The van der Waals surface area contributed by atoms with Crippen LogP contribution >= 0.6 is 11.6 Å². The van der Waals surface area contributed by atoms with Crippen LogP contribution < -0.4 is 5.73 Å². The highest BCUT2D eigenvalue weighted by atomic mass is 35.5. The minimum absolute atomic E-state index is 0.0518. The van der Waals surface area contributed by atoms with Gasteiger partial charge in [-0.2, -0.15) is 0 Å². The molecule has 16 heavy (non-hydrogen) atoms. The third-order valence-electron chi connectivity index (χ3n) is 3.81. The number of rotatable bonds is 2. The molecule has 1 nitrogen and oxygen atoms in total. The maximum absolute atomic E-state index is 13.9. The number of benzene rings is 1. The summed E-state index contributed by atoms with van der Waals surface area (Å²) in [4.78, 5) is 0. The Hall–Kier alpha value is -0.670. The molecular weight excluding hydrogens is 232 g/mol. The van der Waals surface area contributed by atoms with E-state index in [9.17, 15) is 8.78 Å². The lowest BCUT2D eigenvalue weighted by atomic mass is 9.87. The van der Waals surface area contributed by atoms with Gasteiger partial charge >= 0.3 is 0 Å². The predicted octanol–water partition coefficient (Wildman–Crippen LogP) is 3.24. The zero-order valence-corrected chi connectivity index (χ0v) is 10.0. The molecule has 0 aliphatic heterocycles. The van der Waals surface area contributed by atoms with Gasteiger partial charge in [-0.1, -0.05) is 31.5 Å². The van der Waals surface area contributed by atoms with Crippen LogP contribution in [0.2, 0.25) is 5.02 Å². The maximum atomic E-state index is 13.9. The summed E-state index contributed by atoms with van der Waals surface area (Å²) in [5.74, 6) is -1.40. The second-order valence-corrected chi connectivity index (χ2v) is 5.45. The van der Waals surface area contributed by atoms with Gasteiger partial charge in [0.2, 0.25) is 0 Å². The van der Waals surface area contributed by atoms with Crippen molar-refractivity contribution in [3.05, 3.63) is 34.4 Å². The minimum Gasteiger partial charge on any atom is -0.330 e. The van der Waals surface area contributed by atoms with E-state index < -0.39 is 22.1 Å². The van der Waals surface area contributed by atoms with Crippen molar-refractivity contribution >= 4 is 11.6 Å². The molecule has 0 amide bonds. The molecule has 1 atom stereocenters. The Kier molecular flexibility index (Phi) is 2.52. The average molecular weight is 246 g/mol. The summed E-state index contributed by atoms with van der Waals surface area (Å²) >= 11 is 5.58. The van der Waals surface area contributed by atoms with E-state index in [0.29, 0.717) is 12.1 Å². The molecular formula is C12H14ClF2N. The van der Waals surface area contributed by atoms with E-state index in [1.54, 1.807) is 0 Å². The fraction of sp³-hybridized carbons (Fsp3) is 0.500. The Morgan fingerprint density at radius 3 is 2.38 bits per heavy atom. The zero-order chi connectivity index (χ0) is 12.1. The number of hydrogen-bond donors (Lipinski definition) is 1. The van der Waals surface area contributed by atoms with E-state index >= 15 is 0 Å². The summed E-state index contributed by atoms with van der Waals surface area (Å²) < 4.78 is 27.0. The first-order valence-corrected chi connectivity index (χ1v) is 5.57. The summed E-state index contributed by atoms with van der Waals surface area (Å²) in [6, 6.07) is 2.66. The van der Waals surface area contributed by atoms with Crippen LogP contribution in [0.1, 0.15) is 25.8 Å². The van der Waals surface area contributed by atoms with E-state index in [4.69, 9.17) is 17.3 Å². The zero-order valence-electron chi connectivity index (χ0n) is 9.28. The molecule has 0 radical (unpaired) electrons. The van der Waals surface area contributed by atoms with Crippen LogP contribution in [0.5, 0.6) is 0 Å². The van der Waals surface area contributed by atoms with Gasteiger partial charge in [0.15, 0.2) is 0 Å². The van der Waals surface area contributed by atoms with E-state index in [-0.39, 0.29) is 5.41 Å².